The van der Waals surface area contributed by atoms with Gasteiger partial charge in [-0.25, -0.2) is 0 Å². The molecule has 1 unspecified atom stereocenters. The molecule has 20 heavy (non-hydrogen) atoms. The van der Waals surface area contributed by atoms with Crippen LogP contribution < -0.4 is 10.5 Å². The first-order chi connectivity index (χ1) is 9.43. The Labute approximate surface area is 120 Å². The molecular weight excluding hydrogens is 250 g/mol. The zero-order valence-corrected chi connectivity index (χ0v) is 12.5. The number of amides is 1. The molecule has 0 saturated heterocycles. The molecule has 0 spiro atoms. The zero-order valence-electron chi connectivity index (χ0n) is 12.5. The van der Waals surface area contributed by atoms with Gasteiger partial charge in [-0.1, -0.05) is 37.6 Å². The van der Waals surface area contributed by atoms with Crippen LogP contribution in [-0.4, -0.2) is 13.0 Å². The lowest BCUT2D eigenvalue weighted by Gasteiger charge is -2.31. The zero-order chi connectivity index (χ0) is 14.8. The second-order valence-corrected chi connectivity index (χ2v) is 6.26. The van der Waals surface area contributed by atoms with E-state index in [4.69, 9.17) is 10.5 Å². The van der Waals surface area contributed by atoms with Crippen molar-refractivity contribution < 1.29 is 9.53 Å². The molecule has 108 valence electrons. The quantitative estimate of drug-likeness (QED) is 0.855. The summed E-state index contributed by atoms with van der Waals surface area (Å²) in [6.45, 7) is 4.51. The molecule has 3 nitrogen and oxygen atoms in total. The molecule has 1 aromatic carbocycles. The van der Waals surface area contributed by atoms with E-state index in [-0.39, 0.29) is 11.8 Å². The van der Waals surface area contributed by atoms with Crippen LogP contribution in [0.2, 0.25) is 0 Å². The van der Waals surface area contributed by atoms with Gasteiger partial charge in [0.25, 0.3) is 0 Å². The van der Waals surface area contributed by atoms with Crippen LogP contribution in [0.15, 0.2) is 35.9 Å². The van der Waals surface area contributed by atoms with Gasteiger partial charge in [-0.2, -0.15) is 0 Å². The fraction of sp³-hybridized carbons (Fsp3) is 0.471. The van der Waals surface area contributed by atoms with Crippen molar-refractivity contribution >= 4 is 5.91 Å². The molecule has 2 rings (SSSR count). The lowest BCUT2D eigenvalue weighted by atomic mass is 9.74. The Morgan fingerprint density at radius 3 is 2.40 bits per heavy atom. The Morgan fingerprint density at radius 1 is 1.30 bits per heavy atom. The van der Waals surface area contributed by atoms with E-state index in [1.165, 1.54) is 0 Å². The molecule has 2 N–H and O–H groups in total. The lowest BCUT2D eigenvalue weighted by Crippen LogP contribution is -2.26. The third-order valence-corrected chi connectivity index (χ3v) is 4.11. The van der Waals surface area contributed by atoms with Gasteiger partial charge in [0, 0.05) is 0 Å². The number of rotatable bonds is 4. The lowest BCUT2D eigenvalue weighted by molar-refractivity contribution is -0.118. The number of ether oxygens (including phenoxy) is 1. The molecule has 1 aromatic rings. The van der Waals surface area contributed by atoms with Crippen molar-refractivity contribution in [3.63, 3.8) is 0 Å². The Bertz CT molecular complexity index is 514. The van der Waals surface area contributed by atoms with Crippen LogP contribution >= 0.6 is 0 Å². The maximum absolute atomic E-state index is 11.9. The summed E-state index contributed by atoms with van der Waals surface area (Å²) in [5.74, 6) is 0.203. The number of methoxy groups -OCH3 is 1. The Morgan fingerprint density at radius 2 is 1.95 bits per heavy atom. The fourth-order valence-electron chi connectivity index (χ4n) is 2.71. The predicted octanol–water partition coefficient (Wildman–Crippen LogP) is 3.40. The normalized spacial score (nSPS) is 19.1. The number of hydrogen-bond donors (Lipinski definition) is 1. The first-order valence-corrected chi connectivity index (χ1v) is 7.05. The summed E-state index contributed by atoms with van der Waals surface area (Å²) < 4.78 is 5.15. The molecule has 0 aliphatic heterocycles. The first-order valence-electron chi connectivity index (χ1n) is 7.05. The average molecular weight is 273 g/mol. The highest BCUT2D eigenvalue weighted by molar-refractivity contribution is 5.85. The molecule has 3 heteroatoms. The molecule has 1 atom stereocenters. The number of primary amides is 1. The van der Waals surface area contributed by atoms with Gasteiger partial charge in [0.05, 0.1) is 13.0 Å². The van der Waals surface area contributed by atoms with Crippen LogP contribution in [0.4, 0.5) is 0 Å². The molecule has 0 aromatic heterocycles. The minimum absolute atomic E-state index is 0.277. The molecule has 0 heterocycles. The SMILES string of the molecule is COc1ccc(C(C(N)=O)C2=CCC(C)(C)CC2)cc1. The van der Waals surface area contributed by atoms with Crippen molar-refractivity contribution in [1.29, 1.82) is 0 Å². The third kappa shape index (κ3) is 3.21. The third-order valence-electron chi connectivity index (χ3n) is 4.11. The predicted molar refractivity (Wildman–Crippen MR) is 80.6 cm³/mol. The number of hydrogen-bond acceptors (Lipinski definition) is 2. The molecule has 1 aliphatic carbocycles. The highest BCUT2D eigenvalue weighted by Crippen LogP contribution is 2.39. The fourth-order valence-corrected chi connectivity index (χ4v) is 2.71. The Kier molecular flexibility index (Phi) is 4.17. The minimum Gasteiger partial charge on any atom is -0.497 e. The van der Waals surface area contributed by atoms with Crippen molar-refractivity contribution in [2.45, 2.75) is 39.0 Å². The highest BCUT2D eigenvalue weighted by atomic mass is 16.5. The first kappa shape index (κ1) is 14.6. The van der Waals surface area contributed by atoms with Gasteiger partial charge in [0.1, 0.15) is 5.75 Å². The van der Waals surface area contributed by atoms with E-state index < -0.39 is 0 Å². The van der Waals surface area contributed by atoms with Crippen LogP contribution in [0.1, 0.15) is 44.6 Å². The largest absolute Gasteiger partial charge is 0.497 e. The smallest absolute Gasteiger partial charge is 0.229 e. The van der Waals surface area contributed by atoms with E-state index in [9.17, 15) is 4.79 Å². The van der Waals surface area contributed by atoms with E-state index >= 15 is 0 Å². The van der Waals surface area contributed by atoms with Crippen LogP contribution in [0.5, 0.6) is 5.75 Å². The number of carbonyl (C=O) groups excluding carboxylic acids is 1. The number of benzene rings is 1. The van der Waals surface area contributed by atoms with Gasteiger partial charge in [-0.15, -0.1) is 0 Å². The summed E-state index contributed by atoms with van der Waals surface area (Å²) in [5.41, 5.74) is 8.05. The topological polar surface area (TPSA) is 52.3 Å². The number of allylic oxidation sites excluding steroid dienone is 1. The van der Waals surface area contributed by atoms with Gasteiger partial charge in [-0.05, 0) is 42.4 Å². The van der Waals surface area contributed by atoms with E-state index in [1.807, 2.05) is 24.3 Å². The van der Waals surface area contributed by atoms with E-state index in [0.29, 0.717) is 5.41 Å². The van der Waals surface area contributed by atoms with E-state index in [1.54, 1.807) is 7.11 Å². The average Bonchev–Trinajstić information content (AvgIpc) is 2.41. The second kappa shape index (κ2) is 5.70. The van der Waals surface area contributed by atoms with Crippen LogP contribution in [-0.2, 0) is 4.79 Å². The van der Waals surface area contributed by atoms with Crippen molar-refractivity contribution in [2.75, 3.05) is 7.11 Å². The summed E-state index contributed by atoms with van der Waals surface area (Å²) in [6, 6.07) is 7.60. The van der Waals surface area contributed by atoms with Gasteiger partial charge < -0.3 is 10.5 Å². The summed E-state index contributed by atoms with van der Waals surface area (Å²) in [4.78, 5) is 11.9. The number of carbonyl (C=O) groups is 1. The second-order valence-electron chi connectivity index (χ2n) is 6.26. The van der Waals surface area contributed by atoms with Crippen LogP contribution in [0.3, 0.4) is 0 Å². The van der Waals surface area contributed by atoms with Crippen LogP contribution in [0.25, 0.3) is 0 Å². The molecule has 1 aliphatic rings. The Hall–Kier alpha value is -1.77. The van der Waals surface area contributed by atoms with Gasteiger partial charge in [0.15, 0.2) is 0 Å². The highest BCUT2D eigenvalue weighted by Gasteiger charge is 2.28. The maximum atomic E-state index is 11.9. The van der Waals surface area contributed by atoms with Crippen molar-refractivity contribution in [3.05, 3.63) is 41.5 Å². The molecule has 0 saturated carbocycles. The molecule has 0 bridgehead atoms. The molecule has 0 radical (unpaired) electrons. The van der Waals surface area contributed by atoms with Crippen molar-refractivity contribution in [3.8, 4) is 5.75 Å². The van der Waals surface area contributed by atoms with Gasteiger partial charge in [-0.3, -0.25) is 4.79 Å². The van der Waals surface area contributed by atoms with E-state index in [2.05, 4.69) is 19.9 Å². The van der Waals surface area contributed by atoms with Crippen LogP contribution in [0, 0.1) is 5.41 Å². The maximum Gasteiger partial charge on any atom is 0.229 e. The van der Waals surface area contributed by atoms with Crippen molar-refractivity contribution in [2.24, 2.45) is 11.1 Å². The summed E-state index contributed by atoms with van der Waals surface area (Å²) in [6.07, 6.45) is 5.23. The standard InChI is InChI=1S/C17H23NO2/c1-17(2)10-8-13(9-11-17)15(16(18)19)12-4-6-14(20-3)7-5-12/h4-8,15H,9-11H2,1-3H3,(H2,18,19). The molecule has 0 fully saturated rings. The van der Waals surface area contributed by atoms with E-state index in [0.717, 1.165) is 36.1 Å². The summed E-state index contributed by atoms with van der Waals surface area (Å²) in [5, 5.41) is 0. The van der Waals surface area contributed by atoms with Gasteiger partial charge >= 0.3 is 0 Å². The van der Waals surface area contributed by atoms with Crippen molar-refractivity contribution in [1.82, 2.24) is 0 Å². The molecule has 1 amide bonds. The monoisotopic (exact) mass is 273 g/mol. The summed E-state index contributed by atoms with van der Waals surface area (Å²) >= 11 is 0. The molecular formula is C17H23NO2. The summed E-state index contributed by atoms with van der Waals surface area (Å²) in [7, 11) is 1.63. The number of nitrogens with two attached hydrogens (primary N) is 1. The van der Waals surface area contributed by atoms with Gasteiger partial charge in [0.2, 0.25) is 5.91 Å². The Balaban J connectivity index is 2.27. The minimum atomic E-state index is -0.308.